The highest BCUT2D eigenvalue weighted by molar-refractivity contribution is 5.95. The van der Waals surface area contributed by atoms with Gasteiger partial charge in [-0.3, -0.25) is 24.0 Å². The molecule has 3 N–H and O–H groups in total. The summed E-state index contributed by atoms with van der Waals surface area (Å²) in [6.07, 6.45) is -5.32. The van der Waals surface area contributed by atoms with Gasteiger partial charge in [0.1, 0.15) is 17.2 Å². The van der Waals surface area contributed by atoms with Crippen molar-refractivity contribution < 1.29 is 64.9 Å². The van der Waals surface area contributed by atoms with Gasteiger partial charge in [-0.15, -0.1) is 0 Å². The number of H-pyrrole nitrogens is 1. The van der Waals surface area contributed by atoms with Crippen molar-refractivity contribution in [2.45, 2.75) is 94.8 Å². The fraction of sp³-hybridized carbons (Fsp3) is 0.643. The molecule has 0 radical (unpaired) electrons. The Balaban J connectivity index is 1.02. The minimum absolute atomic E-state index is 0.0730. The zero-order chi connectivity index (χ0) is 45.3. The number of carbonyl (C=O) groups is 5. The number of fused-ring (bicyclic) bond motifs is 3. The molecule has 6 heterocycles. The van der Waals surface area contributed by atoms with E-state index in [4.69, 9.17) is 9.47 Å². The predicted molar refractivity (Wildman–Crippen MR) is 206 cm³/mol. The maximum Gasteiger partial charge on any atom is 0.417 e. The van der Waals surface area contributed by atoms with E-state index in [1.807, 2.05) is 0 Å². The molecule has 1 aromatic carbocycles. The first kappa shape index (κ1) is 44.6. The second kappa shape index (κ2) is 16.2. The van der Waals surface area contributed by atoms with Crippen LogP contribution in [0.2, 0.25) is 0 Å². The van der Waals surface area contributed by atoms with Gasteiger partial charge >= 0.3 is 18.3 Å². The SMILES string of the molecule is C[C@@H](OCC12CCC(CC1)OC2)C(NC(=O)[C@@H]1CN(C(=O)c2c[nH]c(=O)cn2)CC12CN(C(=O)C1(C(F)(F)F)CC1)C2)C(=O)N1CCC(c2ccc(C(=O)O)c(C(F)(F)F)c2)CC1. The number of aromatic nitrogens is 2. The highest BCUT2D eigenvalue weighted by Crippen LogP contribution is 2.60. The Kier molecular flexibility index (Phi) is 11.4. The summed E-state index contributed by atoms with van der Waals surface area (Å²) in [5, 5.41) is 12.2. The van der Waals surface area contributed by atoms with Crippen LogP contribution in [0.3, 0.4) is 0 Å². The van der Waals surface area contributed by atoms with E-state index >= 15 is 0 Å². The second-order valence-corrected chi connectivity index (χ2v) is 18.4. The Morgan fingerprint density at radius 1 is 0.968 bits per heavy atom. The van der Waals surface area contributed by atoms with Gasteiger partial charge in [-0.25, -0.2) is 9.78 Å². The molecule has 2 aromatic rings. The molecule has 1 spiro atoms. The number of rotatable bonds is 11. The molecule has 2 bridgehead atoms. The van der Waals surface area contributed by atoms with Gasteiger partial charge < -0.3 is 39.6 Å². The van der Waals surface area contributed by atoms with Gasteiger partial charge in [0, 0.05) is 56.3 Å². The average Bonchev–Trinajstić information content (AvgIpc) is 3.98. The average molecular weight is 895 g/mol. The van der Waals surface area contributed by atoms with Crippen molar-refractivity contribution in [2.24, 2.45) is 22.2 Å². The lowest BCUT2D eigenvalue weighted by atomic mass is 9.70. The Labute approximate surface area is 356 Å². The molecule has 1 unspecified atom stereocenters. The number of halogens is 6. The molecule has 5 saturated heterocycles. The third-order valence-electron chi connectivity index (χ3n) is 14.3. The number of hydrogen-bond donors (Lipinski definition) is 3. The molecule has 63 heavy (non-hydrogen) atoms. The zero-order valence-corrected chi connectivity index (χ0v) is 34.4. The zero-order valence-electron chi connectivity index (χ0n) is 34.4. The van der Waals surface area contributed by atoms with Gasteiger partial charge in [0.2, 0.25) is 17.7 Å². The quantitative estimate of drug-likeness (QED) is 0.278. The van der Waals surface area contributed by atoms with Gasteiger partial charge in [-0.05, 0) is 81.9 Å². The number of alkyl halides is 6. The third-order valence-corrected chi connectivity index (χ3v) is 14.3. The first-order valence-corrected chi connectivity index (χ1v) is 21.1. The highest BCUT2D eigenvalue weighted by Gasteiger charge is 2.72. The summed E-state index contributed by atoms with van der Waals surface area (Å²) in [6, 6.07) is 1.76. The molecule has 5 aliphatic heterocycles. The topological polar surface area (TPSA) is 192 Å². The molecule has 15 nitrogen and oxygen atoms in total. The number of hydrogen-bond acceptors (Lipinski definition) is 9. The highest BCUT2D eigenvalue weighted by atomic mass is 19.4. The predicted octanol–water partition coefficient (Wildman–Crippen LogP) is 3.99. The number of nitrogens with one attached hydrogen (secondary N) is 2. The molecule has 7 fully saturated rings. The number of carboxylic acids is 1. The van der Waals surface area contributed by atoms with Crippen molar-refractivity contribution in [3.8, 4) is 0 Å². The number of carboxylic acid groups (broad SMARTS) is 1. The van der Waals surface area contributed by atoms with Crippen LogP contribution in [0, 0.1) is 22.2 Å². The number of likely N-dealkylation sites (tertiary alicyclic amines) is 3. The number of benzene rings is 1. The van der Waals surface area contributed by atoms with Crippen LogP contribution in [0.25, 0.3) is 0 Å². The lowest BCUT2D eigenvalue weighted by molar-refractivity contribution is -0.205. The number of nitrogens with zero attached hydrogens (tertiary/aromatic N) is 4. The van der Waals surface area contributed by atoms with Crippen LogP contribution in [0.5, 0.6) is 0 Å². The number of amides is 4. The summed E-state index contributed by atoms with van der Waals surface area (Å²) in [5.74, 6) is -6.29. The number of ether oxygens (including phenoxy) is 2. The first-order valence-electron chi connectivity index (χ1n) is 21.1. The lowest BCUT2D eigenvalue weighted by Crippen LogP contribution is -2.67. The van der Waals surface area contributed by atoms with Gasteiger partial charge in [-0.2, -0.15) is 26.3 Å². The molecule has 2 saturated carbocycles. The Morgan fingerprint density at radius 3 is 2.19 bits per heavy atom. The van der Waals surface area contributed by atoms with E-state index in [-0.39, 0.29) is 94.3 Å². The number of carbonyl (C=O) groups excluding carboxylic acids is 4. The maximum atomic E-state index is 14.6. The van der Waals surface area contributed by atoms with Crippen LogP contribution in [-0.2, 0) is 30.0 Å². The van der Waals surface area contributed by atoms with Crippen molar-refractivity contribution in [3.05, 3.63) is 63.3 Å². The second-order valence-electron chi connectivity index (χ2n) is 18.4. The fourth-order valence-corrected chi connectivity index (χ4v) is 10.2. The van der Waals surface area contributed by atoms with Crippen LogP contribution in [0.15, 0.2) is 35.4 Å². The van der Waals surface area contributed by atoms with Crippen molar-refractivity contribution in [1.29, 1.82) is 0 Å². The van der Waals surface area contributed by atoms with Crippen LogP contribution >= 0.6 is 0 Å². The lowest BCUT2D eigenvalue weighted by Gasteiger charge is -2.51. The van der Waals surface area contributed by atoms with Gasteiger partial charge in [0.25, 0.3) is 11.5 Å². The monoisotopic (exact) mass is 894 g/mol. The summed E-state index contributed by atoms with van der Waals surface area (Å²) in [7, 11) is 0. The molecule has 2 aliphatic carbocycles. The first-order chi connectivity index (χ1) is 29.6. The number of piperidine rings is 1. The van der Waals surface area contributed by atoms with E-state index in [1.54, 1.807) is 6.92 Å². The Hall–Kier alpha value is -5.05. The molecular weight excluding hydrogens is 846 g/mol. The third kappa shape index (κ3) is 8.42. The molecular formula is C42H48F6N6O9. The van der Waals surface area contributed by atoms with E-state index in [1.165, 1.54) is 15.9 Å². The minimum atomic E-state index is -4.92. The normalized spacial score (nSPS) is 26.2. The standard InChI is InChI=1S/C42H48F6N6O9/c1-23(62-21-38-8-4-26(5-9-38)63-22-38)32(35(58)52-12-6-24(7-13-52)25-2-3-27(36(59)60)28(14-25)41(43,44)45)51-33(56)29-17-53(34(57)30-15-50-31(55)16-49-30)18-39(29)19-54(20-39)37(61)40(10-11-40)42(46,47)48/h2-3,14-16,23-24,26,29,32H,4-13,17-22H2,1H3,(H,50,55)(H,51,56)(H,59,60)/t23-,26?,29+,32?,38?/m1/s1. The summed E-state index contributed by atoms with van der Waals surface area (Å²) in [5.41, 5.74) is -6.60. The number of aromatic amines is 1. The molecule has 21 heteroatoms. The summed E-state index contributed by atoms with van der Waals surface area (Å²) in [6.45, 7) is 1.54. The van der Waals surface area contributed by atoms with E-state index < -0.39 is 93.4 Å². The Bertz CT molecular complexity index is 2170. The fourth-order valence-electron chi connectivity index (χ4n) is 10.2. The molecule has 4 amide bonds. The Morgan fingerprint density at radius 2 is 1.63 bits per heavy atom. The largest absolute Gasteiger partial charge is 0.478 e. The maximum absolute atomic E-state index is 14.6. The van der Waals surface area contributed by atoms with Gasteiger partial charge in [0.15, 0.2) is 0 Å². The van der Waals surface area contributed by atoms with E-state index in [9.17, 15) is 60.2 Å². The summed E-state index contributed by atoms with van der Waals surface area (Å²) >= 11 is 0. The van der Waals surface area contributed by atoms with Gasteiger partial charge in [0.05, 0.1) is 48.7 Å². The summed E-state index contributed by atoms with van der Waals surface area (Å²) in [4.78, 5) is 89.4. The molecule has 9 rings (SSSR count). The van der Waals surface area contributed by atoms with Crippen LogP contribution < -0.4 is 10.9 Å². The minimum Gasteiger partial charge on any atom is -0.478 e. The number of aromatic carboxylic acids is 1. The smallest absolute Gasteiger partial charge is 0.417 e. The van der Waals surface area contributed by atoms with Crippen LogP contribution in [0.1, 0.15) is 96.2 Å². The van der Waals surface area contributed by atoms with E-state index in [0.717, 1.165) is 55.1 Å². The summed E-state index contributed by atoms with van der Waals surface area (Å²) < 4.78 is 95.9. The molecule has 3 atom stereocenters. The van der Waals surface area contributed by atoms with Crippen molar-refractivity contribution in [2.75, 3.05) is 52.5 Å². The van der Waals surface area contributed by atoms with Crippen LogP contribution in [0.4, 0.5) is 26.3 Å². The van der Waals surface area contributed by atoms with Crippen LogP contribution in [-0.4, -0.2) is 136 Å². The van der Waals surface area contributed by atoms with Crippen molar-refractivity contribution in [3.63, 3.8) is 0 Å². The molecule has 7 aliphatic rings. The van der Waals surface area contributed by atoms with Crippen molar-refractivity contribution in [1.82, 2.24) is 30.0 Å². The molecule has 1 aromatic heterocycles. The van der Waals surface area contributed by atoms with E-state index in [0.29, 0.717) is 6.61 Å². The van der Waals surface area contributed by atoms with Gasteiger partial charge in [-0.1, -0.05) is 6.07 Å². The van der Waals surface area contributed by atoms with Crippen molar-refractivity contribution >= 4 is 29.6 Å². The molecule has 342 valence electrons. The van der Waals surface area contributed by atoms with E-state index in [2.05, 4.69) is 15.3 Å².